The summed E-state index contributed by atoms with van der Waals surface area (Å²) in [5.74, 6) is -0.653. The molecule has 3 rings (SSSR count). The lowest BCUT2D eigenvalue weighted by atomic mass is 10.2. The summed E-state index contributed by atoms with van der Waals surface area (Å²) in [5, 5.41) is 2.83. The van der Waals surface area contributed by atoms with Crippen molar-refractivity contribution in [2.45, 2.75) is 5.16 Å². The van der Waals surface area contributed by atoms with E-state index in [0.717, 1.165) is 11.8 Å². The van der Waals surface area contributed by atoms with Gasteiger partial charge in [-0.1, -0.05) is 42.1 Å². The van der Waals surface area contributed by atoms with Crippen LogP contribution >= 0.6 is 11.8 Å². The van der Waals surface area contributed by atoms with Gasteiger partial charge in [0.1, 0.15) is 0 Å². The predicted octanol–water partition coefficient (Wildman–Crippen LogP) is 1.67. The summed E-state index contributed by atoms with van der Waals surface area (Å²) in [6, 6.07) is 15.1. The average molecular weight is 354 g/mol. The summed E-state index contributed by atoms with van der Waals surface area (Å²) in [5.41, 5.74) is 5.89. The molecule has 0 aliphatic carbocycles. The average Bonchev–Trinajstić information content (AvgIpc) is 2.60. The number of amides is 3. The normalized spacial score (nSPS) is 10.6. The van der Waals surface area contributed by atoms with Crippen LogP contribution in [0.2, 0.25) is 0 Å². The van der Waals surface area contributed by atoms with E-state index in [-0.39, 0.29) is 11.3 Å². The number of nitrogens with zero attached hydrogens (tertiary/aromatic N) is 2. The summed E-state index contributed by atoms with van der Waals surface area (Å²) in [7, 11) is 0. The quantitative estimate of drug-likeness (QED) is 0.547. The number of urea groups is 1. The number of thioether (sulfide) groups is 1. The lowest BCUT2D eigenvalue weighted by molar-refractivity contribution is -0.117. The Labute approximate surface area is 146 Å². The summed E-state index contributed by atoms with van der Waals surface area (Å²) in [6.45, 7) is 0. The van der Waals surface area contributed by atoms with Gasteiger partial charge >= 0.3 is 6.03 Å². The highest BCUT2D eigenvalue weighted by Crippen LogP contribution is 2.21. The molecule has 0 aliphatic heterocycles. The minimum atomic E-state index is -0.919. The van der Waals surface area contributed by atoms with Gasteiger partial charge in [0.25, 0.3) is 5.56 Å². The third-order valence-electron chi connectivity index (χ3n) is 3.35. The van der Waals surface area contributed by atoms with Gasteiger partial charge in [-0.2, -0.15) is 0 Å². The van der Waals surface area contributed by atoms with E-state index in [0.29, 0.717) is 21.7 Å². The monoisotopic (exact) mass is 354 g/mol. The summed E-state index contributed by atoms with van der Waals surface area (Å²) >= 11 is 1.05. The number of aromatic nitrogens is 2. The highest BCUT2D eigenvalue weighted by molar-refractivity contribution is 7.99. The maximum absolute atomic E-state index is 12.9. The van der Waals surface area contributed by atoms with Crippen LogP contribution < -0.4 is 16.6 Å². The van der Waals surface area contributed by atoms with Crippen LogP contribution in [0, 0.1) is 0 Å². The van der Waals surface area contributed by atoms with Crippen LogP contribution in [0.25, 0.3) is 16.6 Å². The van der Waals surface area contributed by atoms with Crippen LogP contribution in [0.15, 0.2) is 64.5 Å². The minimum absolute atomic E-state index is 0.0967. The largest absolute Gasteiger partial charge is 0.351 e. The molecule has 8 heteroatoms. The van der Waals surface area contributed by atoms with Crippen molar-refractivity contribution < 1.29 is 9.59 Å². The van der Waals surface area contributed by atoms with Crippen LogP contribution in [0.3, 0.4) is 0 Å². The van der Waals surface area contributed by atoms with Gasteiger partial charge in [-0.25, -0.2) is 9.78 Å². The van der Waals surface area contributed by atoms with Gasteiger partial charge < -0.3 is 5.73 Å². The van der Waals surface area contributed by atoms with Crippen LogP contribution in [-0.2, 0) is 4.79 Å². The van der Waals surface area contributed by atoms with Crippen molar-refractivity contribution in [3.63, 3.8) is 0 Å². The highest BCUT2D eigenvalue weighted by atomic mass is 32.2. The molecule has 0 unspecified atom stereocenters. The second kappa shape index (κ2) is 7.18. The van der Waals surface area contributed by atoms with Gasteiger partial charge in [-0.3, -0.25) is 19.5 Å². The van der Waals surface area contributed by atoms with Crippen molar-refractivity contribution in [3.05, 3.63) is 65.0 Å². The molecule has 0 saturated heterocycles. The molecule has 0 saturated carbocycles. The molecular formula is C17H14N4O3S. The second-order valence-corrected chi connectivity index (χ2v) is 6.03. The smallest absolute Gasteiger partial charge is 0.318 e. The lowest BCUT2D eigenvalue weighted by Crippen LogP contribution is -2.36. The highest BCUT2D eigenvalue weighted by Gasteiger charge is 2.15. The van der Waals surface area contributed by atoms with Crippen molar-refractivity contribution in [2.75, 3.05) is 5.75 Å². The van der Waals surface area contributed by atoms with Gasteiger partial charge in [0.2, 0.25) is 5.91 Å². The molecule has 0 radical (unpaired) electrons. The molecule has 0 atom stereocenters. The number of imide groups is 1. The van der Waals surface area contributed by atoms with Crippen molar-refractivity contribution in [2.24, 2.45) is 5.73 Å². The molecule has 0 fully saturated rings. The van der Waals surface area contributed by atoms with Crippen molar-refractivity contribution in [3.8, 4) is 5.69 Å². The Morgan fingerprint density at radius 1 is 1.08 bits per heavy atom. The minimum Gasteiger partial charge on any atom is -0.351 e. The topological polar surface area (TPSA) is 107 Å². The van der Waals surface area contributed by atoms with Gasteiger partial charge in [-0.05, 0) is 24.3 Å². The summed E-state index contributed by atoms with van der Waals surface area (Å²) in [6.07, 6.45) is 0. The molecule has 3 amide bonds. The molecule has 0 bridgehead atoms. The number of nitrogens with two attached hydrogens (primary N) is 1. The first-order valence-corrected chi connectivity index (χ1v) is 8.34. The molecule has 7 nitrogen and oxygen atoms in total. The molecule has 2 aromatic carbocycles. The Balaban J connectivity index is 2.08. The Kier molecular flexibility index (Phi) is 4.80. The Morgan fingerprint density at radius 2 is 1.76 bits per heavy atom. The van der Waals surface area contributed by atoms with Crippen molar-refractivity contribution in [1.29, 1.82) is 0 Å². The summed E-state index contributed by atoms with van der Waals surface area (Å²) < 4.78 is 1.45. The number of primary amides is 1. The fraction of sp³-hybridized carbons (Fsp3) is 0.0588. The zero-order valence-corrected chi connectivity index (χ0v) is 13.8. The maximum atomic E-state index is 12.9. The number of nitrogens with one attached hydrogen (secondary N) is 1. The van der Waals surface area contributed by atoms with E-state index in [9.17, 15) is 14.4 Å². The molecule has 25 heavy (non-hydrogen) atoms. The zero-order valence-electron chi connectivity index (χ0n) is 13.0. The number of hydrogen-bond acceptors (Lipinski definition) is 5. The van der Waals surface area contributed by atoms with Crippen molar-refractivity contribution in [1.82, 2.24) is 14.9 Å². The number of benzene rings is 2. The van der Waals surface area contributed by atoms with Crippen LogP contribution in [0.1, 0.15) is 0 Å². The number of rotatable bonds is 4. The Morgan fingerprint density at radius 3 is 2.48 bits per heavy atom. The third kappa shape index (κ3) is 3.69. The first-order chi connectivity index (χ1) is 12.1. The van der Waals surface area contributed by atoms with E-state index < -0.39 is 11.9 Å². The predicted molar refractivity (Wildman–Crippen MR) is 95.8 cm³/mol. The summed E-state index contributed by atoms with van der Waals surface area (Å²) in [4.78, 5) is 39.8. The number of carbonyl (C=O) groups excluding carboxylic acids is 2. The van der Waals surface area contributed by atoms with Crippen LogP contribution in [0.5, 0.6) is 0 Å². The maximum Gasteiger partial charge on any atom is 0.318 e. The van der Waals surface area contributed by atoms with E-state index in [4.69, 9.17) is 5.73 Å². The molecular weight excluding hydrogens is 340 g/mol. The number of fused-ring (bicyclic) bond motifs is 1. The lowest BCUT2D eigenvalue weighted by Gasteiger charge is -2.12. The molecule has 0 aliphatic rings. The fourth-order valence-electron chi connectivity index (χ4n) is 2.32. The standard InChI is InChI=1S/C17H14N4O3S/c18-16(24)20-14(22)10-25-17-19-13-9-5-4-8-12(13)15(23)21(17)11-6-2-1-3-7-11/h1-9H,10H2,(H3,18,20,22,24). The van der Waals surface area contributed by atoms with Gasteiger partial charge in [-0.15, -0.1) is 0 Å². The van der Waals surface area contributed by atoms with E-state index in [1.165, 1.54) is 4.57 Å². The SMILES string of the molecule is NC(=O)NC(=O)CSc1nc2ccccc2c(=O)n1-c1ccccc1. The first kappa shape index (κ1) is 16.7. The molecule has 3 N–H and O–H groups in total. The van der Waals surface area contributed by atoms with E-state index in [1.807, 2.05) is 23.5 Å². The van der Waals surface area contributed by atoms with Crippen molar-refractivity contribution >= 4 is 34.6 Å². The van der Waals surface area contributed by atoms with Gasteiger partial charge in [0.05, 0.1) is 22.3 Å². The number of carbonyl (C=O) groups is 2. The van der Waals surface area contributed by atoms with E-state index in [1.54, 1.807) is 36.4 Å². The fourth-order valence-corrected chi connectivity index (χ4v) is 3.13. The van der Waals surface area contributed by atoms with E-state index in [2.05, 4.69) is 4.98 Å². The van der Waals surface area contributed by atoms with E-state index >= 15 is 0 Å². The number of hydrogen-bond donors (Lipinski definition) is 2. The van der Waals surface area contributed by atoms with Crippen LogP contribution in [-0.4, -0.2) is 27.2 Å². The first-order valence-electron chi connectivity index (χ1n) is 7.35. The Hall–Kier alpha value is -3.13. The molecule has 0 spiro atoms. The molecule has 1 heterocycles. The molecule has 1 aromatic heterocycles. The number of para-hydroxylation sites is 2. The third-order valence-corrected chi connectivity index (χ3v) is 4.29. The Bertz CT molecular complexity index is 1000. The zero-order chi connectivity index (χ0) is 17.8. The second-order valence-electron chi connectivity index (χ2n) is 5.09. The van der Waals surface area contributed by atoms with Crippen LogP contribution in [0.4, 0.5) is 4.79 Å². The molecule has 3 aromatic rings. The molecule has 126 valence electrons. The van der Waals surface area contributed by atoms with Gasteiger partial charge in [0, 0.05) is 0 Å². The van der Waals surface area contributed by atoms with Gasteiger partial charge in [0.15, 0.2) is 5.16 Å².